The lowest BCUT2D eigenvalue weighted by Gasteiger charge is -2.40. The Morgan fingerprint density at radius 3 is 2.39 bits per heavy atom. The van der Waals surface area contributed by atoms with E-state index in [0.29, 0.717) is 18.5 Å². The summed E-state index contributed by atoms with van der Waals surface area (Å²) in [4.78, 5) is 15.1. The van der Waals surface area contributed by atoms with Crippen molar-refractivity contribution in [1.82, 2.24) is 4.90 Å². The van der Waals surface area contributed by atoms with Gasteiger partial charge in [-0.3, -0.25) is 9.69 Å². The van der Waals surface area contributed by atoms with E-state index in [0.717, 1.165) is 18.5 Å². The van der Waals surface area contributed by atoms with E-state index < -0.39 is 0 Å². The fourth-order valence-electron chi connectivity index (χ4n) is 3.63. The Balaban J connectivity index is 1.73. The van der Waals surface area contributed by atoms with Crippen molar-refractivity contribution in [2.75, 3.05) is 6.54 Å². The first kappa shape index (κ1) is 15.9. The van der Waals surface area contributed by atoms with E-state index in [9.17, 15) is 4.79 Å². The van der Waals surface area contributed by atoms with Gasteiger partial charge in [0.25, 0.3) is 0 Å². The number of benzene rings is 2. The maximum absolute atomic E-state index is 12.6. The number of Topliss-reactive ketones (excluding diaryl/α,β-unsaturated/α-hetero) is 1. The van der Waals surface area contributed by atoms with Crippen molar-refractivity contribution in [3.8, 4) is 0 Å². The van der Waals surface area contributed by atoms with Gasteiger partial charge < -0.3 is 0 Å². The fraction of sp³-hybridized carbons (Fsp3) is 0.381. The van der Waals surface area contributed by atoms with Crippen LogP contribution in [0.5, 0.6) is 0 Å². The normalized spacial score (nSPS) is 20.1. The van der Waals surface area contributed by atoms with Crippen LogP contribution in [0.15, 0.2) is 60.7 Å². The summed E-state index contributed by atoms with van der Waals surface area (Å²) in [5.41, 5.74) is 2.18. The zero-order chi connectivity index (χ0) is 16.1. The SMILES string of the molecule is C[C@H](c1ccccc1)N1CCCC[C@H]1CC(=O)c1ccccc1. The van der Waals surface area contributed by atoms with Crippen molar-refractivity contribution in [2.24, 2.45) is 0 Å². The first-order valence-corrected chi connectivity index (χ1v) is 8.64. The van der Waals surface area contributed by atoms with Crippen molar-refractivity contribution >= 4 is 5.78 Å². The molecule has 0 amide bonds. The number of carbonyl (C=O) groups excluding carboxylic acids is 1. The number of hydrogen-bond donors (Lipinski definition) is 0. The lowest BCUT2D eigenvalue weighted by atomic mass is 9.92. The molecular weight excluding hydrogens is 282 g/mol. The minimum absolute atomic E-state index is 0.266. The molecule has 2 heteroatoms. The van der Waals surface area contributed by atoms with Crippen molar-refractivity contribution in [1.29, 1.82) is 0 Å². The molecule has 1 aliphatic rings. The van der Waals surface area contributed by atoms with Crippen LogP contribution in [-0.2, 0) is 0 Å². The molecule has 0 N–H and O–H groups in total. The summed E-state index contributed by atoms with van der Waals surface area (Å²) in [6, 6.07) is 21.1. The van der Waals surface area contributed by atoms with Gasteiger partial charge in [0.15, 0.2) is 5.78 Å². The quantitative estimate of drug-likeness (QED) is 0.734. The van der Waals surface area contributed by atoms with E-state index in [2.05, 4.69) is 42.2 Å². The maximum atomic E-state index is 12.6. The number of hydrogen-bond acceptors (Lipinski definition) is 2. The lowest BCUT2D eigenvalue weighted by Crippen LogP contribution is -2.42. The third-order valence-corrected chi connectivity index (χ3v) is 4.97. The average Bonchev–Trinajstić information content (AvgIpc) is 2.63. The highest BCUT2D eigenvalue weighted by Crippen LogP contribution is 2.30. The maximum Gasteiger partial charge on any atom is 0.164 e. The molecule has 0 spiro atoms. The summed E-state index contributed by atoms with van der Waals surface area (Å²) in [6.45, 7) is 3.35. The highest BCUT2D eigenvalue weighted by atomic mass is 16.1. The Kier molecular flexibility index (Phi) is 5.24. The van der Waals surface area contributed by atoms with Crippen molar-refractivity contribution in [3.05, 3.63) is 71.8 Å². The summed E-state index contributed by atoms with van der Waals surface area (Å²) in [5, 5.41) is 0. The summed E-state index contributed by atoms with van der Waals surface area (Å²) >= 11 is 0. The van der Waals surface area contributed by atoms with Gasteiger partial charge in [-0.2, -0.15) is 0 Å². The number of piperidine rings is 1. The van der Waals surface area contributed by atoms with Crippen LogP contribution >= 0.6 is 0 Å². The third-order valence-electron chi connectivity index (χ3n) is 4.97. The highest BCUT2D eigenvalue weighted by Gasteiger charge is 2.29. The topological polar surface area (TPSA) is 20.3 Å². The molecule has 2 nitrogen and oxygen atoms in total. The minimum Gasteiger partial charge on any atom is -0.294 e. The number of likely N-dealkylation sites (tertiary alicyclic amines) is 1. The smallest absolute Gasteiger partial charge is 0.164 e. The van der Waals surface area contributed by atoms with Gasteiger partial charge in [-0.25, -0.2) is 0 Å². The summed E-state index contributed by atoms with van der Waals surface area (Å²) in [6.07, 6.45) is 4.20. The number of rotatable bonds is 5. The molecule has 2 aromatic carbocycles. The Labute approximate surface area is 139 Å². The standard InChI is InChI=1S/C21H25NO/c1-17(18-10-4-2-5-11-18)22-15-9-8-14-20(22)16-21(23)19-12-6-3-7-13-19/h2-7,10-13,17,20H,8-9,14-16H2,1H3/t17-,20+/m1/s1. The van der Waals surface area contributed by atoms with Crippen LogP contribution in [0, 0.1) is 0 Å². The zero-order valence-electron chi connectivity index (χ0n) is 13.8. The van der Waals surface area contributed by atoms with E-state index in [4.69, 9.17) is 0 Å². The van der Waals surface area contributed by atoms with Gasteiger partial charge in [-0.15, -0.1) is 0 Å². The molecule has 3 rings (SSSR count). The third kappa shape index (κ3) is 3.89. The predicted octanol–water partition coefficient (Wildman–Crippen LogP) is 4.88. The second kappa shape index (κ2) is 7.56. The molecule has 0 bridgehead atoms. The number of nitrogens with zero attached hydrogens (tertiary/aromatic N) is 1. The molecule has 0 aromatic heterocycles. The second-order valence-corrected chi connectivity index (χ2v) is 6.47. The van der Waals surface area contributed by atoms with Crippen LogP contribution in [0.2, 0.25) is 0 Å². The first-order chi connectivity index (χ1) is 11.3. The van der Waals surface area contributed by atoms with Gasteiger partial charge in [0.05, 0.1) is 0 Å². The van der Waals surface area contributed by atoms with E-state index in [1.807, 2.05) is 30.3 Å². The van der Waals surface area contributed by atoms with Crippen LogP contribution in [0.4, 0.5) is 0 Å². The van der Waals surface area contributed by atoms with E-state index in [1.165, 1.54) is 18.4 Å². The molecule has 0 radical (unpaired) electrons. The molecule has 1 fully saturated rings. The first-order valence-electron chi connectivity index (χ1n) is 8.64. The molecule has 0 saturated carbocycles. The largest absolute Gasteiger partial charge is 0.294 e. The Morgan fingerprint density at radius 2 is 1.70 bits per heavy atom. The molecule has 23 heavy (non-hydrogen) atoms. The Bertz CT molecular complexity index is 623. The molecule has 120 valence electrons. The molecule has 1 saturated heterocycles. The molecule has 1 heterocycles. The van der Waals surface area contributed by atoms with Crippen molar-refractivity contribution in [2.45, 2.75) is 44.7 Å². The molecule has 0 unspecified atom stereocenters. The van der Waals surface area contributed by atoms with Crippen LogP contribution in [-0.4, -0.2) is 23.3 Å². The predicted molar refractivity (Wildman–Crippen MR) is 94.6 cm³/mol. The minimum atomic E-state index is 0.266. The molecular formula is C21H25NO. The summed E-state index contributed by atoms with van der Waals surface area (Å²) in [5.74, 6) is 0.266. The van der Waals surface area contributed by atoms with Gasteiger partial charge in [-0.1, -0.05) is 67.1 Å². The van der Waals surface area contributed by atoms with Crippen LogP contribution < -0.4 is 0 Å². The van der Waals surface area contributed by atoms with Crippen LogP contribution in [0.25, 0.3) is 0 Å². The average molecular weight is 307 g/mol. The van der Waals surface area contributed by atoms with Crippen molar-refractivity contribution in [3.63, 3.8) is 0 Å². The Morgan fingerprint density at radius 1 is 1.04 bits per heavy atom. The number of carbonyl (C=O) groups is 1. The Hall–Kier alpha value is -1.93. The molecule has 0 aliphatic carbocycles. The monoisotopic (exact) mass is 307 g/mol. The second-order valence-electron chi connectivity index (χ2n) is 6.47. The highest BCUT2D eigenvalue weighted by molar-refractivity contribution is 5.96. The van der Waals surface area contributed by atoms with Crippen LogP contribution in [0.1, 0.15) is 54.6 Å². The summed E-state index contributed by atoms with van der Waals surface area (Å²) in [7, 11) is 0. The number of ketones is 1. The van der Waals surface area contributed by atoms with E-state index >= 15 is 0 Å². The molecule has 1 aliphatic heterocycles. The van der Waals surface area contributed by atoms with Crippen LogP contribution in [0.3, 0.4) is 0 Å². The lowest BCUT2D eigenvalue weighted by molar-refractivity contribution is 0.0760. The van der Waals surface area contributed by atoms with E-state index in [1.54, 1.807) is 0 Å². The van der Waals surface area contributed by atoms with Gasteiger partial charge in [0, 0.05) is 24.1 Å². The van der Waals surface area contributed by atoms with Gasteiger partial charge >= 0.3 is 0 Å². The van der Waals surface area contributed by atoms with E-state index in [-0.39, 0.29) is 5.78 Å². The molecule has 2 aromatic rings. The summed E-state index contributed by atoms with van der Waals surface area (Å²) < 4.78 is 0. The van der Waals surface area contributed by atoms with Gasteiger partial charge in [0.2, 0.25) is 0 Å². The molecule has 2 atom stereocenters. The van der Waals surface area contributed by atoms with Crippen molar-refractivity contribution < 1.29 is 4.79 Å². The zero-order valence-corrected chi connectivity index (χ0v) is 13.8. The van der Waals surface area contributed by atoms with Gasteiger partial charge in [-0.05, 0) is 31.9 Å². The fourth-order valence-corrected chi connectivity index (χ4v) is 3.63. The van der Waals surface area contributed by atoms with Gasteiger partial charge in [0.1, 0.15) is 0 Å².